The van der Waals surface area contributed by atoms with Crippen molar-refractivity contribution in [2.24, 2.45) is 0 Å². The Balaban J connectivity index is 1.70. The second-order valence-corrected chi connectivity index (χ2v) is 9.32. The molecule has 0 aromatic carbocycles. The summed E-state index contributed by atoms with van der Waals surface area (Å²) in [6, 6.07) is 0. The normalized spacial score (nSPS) is 25.2. The Morgan fingerprint density at radius 1 is 1.26 bits per heavy atom. The minimum Gasteiger partial charge on any atom is -0.460 e. The van der Waals surface area contributed by atoms with Crippen LogP contribution in [0.25, 0.3) is 0 Å². The van der Waals surface area contributed by atoms with Gasteiger partial charge in [-0.3, -0.25) is 14.4 Å². The smallest absolute Gasteiger partial charge is 0.302 e. The van der Waals surface area contributed by atoms with Crippen LogP contribution >= 0.6 is 11.6 Å². The van der Waals surface area contributed by atoms with Crippen LogP contribution in [-0.4, -0.2) is 55.2 Å². The fraction of sp³-hybridized carbons (Fsp3) is 0.731. The van der Waals surface area contributed by atoms with Gasteiger partial charge in [0.15, 0.2) is 11.4 Å². The van der Waals surface area contributed by atoms with Crippen molar-refractivity contribution >= 4 is 29.3 Å². The Kier molecular flexibility index (Phi) is 12.3. The van der Waals surface area contributed by atoms with Crippen LogP contribution in [0.2, 0.25) is 0 Å². The molecular formula is C26H40ClNO6. The molecular weight excluding hydrogens is 458 g/mol. The van der Waals surface area contributed by atoms with Crippen molar-refractivity contribution in [1.82, 2.24) is 5.32 Å². The van der Waals surface area contributed by atoms with Gasteiger partial charge >= 0.3 is 5.97 Å². The van der Waals surface area contributed by atoms with Crippen LogP contribution in [0.5, 0.6) is 0 Å². The number of amides is 1. The number of methoxy groups -OCH3 is 1. The lowest BCUT2D eigenvalue weighted by Crippen LogP contribution is -2.43. The van der Waals surface area contributed by atoms with Crippen LogP contribution in [0.4, 0.5) is 0 Å². The van der Waals surface area contributed by atoms with Crippen LogP contribution < -0.4 is 5.32 Å². The van der Waals surface area contributed by atoms with Crippen molar-refractivity contribution < 1.29 is 28.6 Å². The quantitative estimate of drug-likeness (QED) is 0.143. The maximum absolute atomic E-state index is 12.6. The molecule has 0 spiro atoms. The van der Waals surface area contributed by atoms with E-state index < -0.39 is 23.8 Å². The fourth-order valence-corrected chi connectivity index (χ4v) is 4.77. The summed E-state index contributed by atoms with van der Waals surface area (Å²) in [7, 11) is 1.75. The third-order valence-corrected chi connectivity index (χ3v) is 6.80. The highest BCUT2D eigenvalue weighted by Crippen LogP contribution is 2.51. The topological polar surface area (TPSA) is 94.2 Å². The molecule has 2 aliphatic rings. The molecule has 2 fully saturated rings. The number of nitrogens with one attached hydrogen (secondary N) is 1. The Morgan fingerprint density at radius 2 is 2.03 bits per heavy atom. The van der Waals surface area contributed by atoms with E-state index in [2.05, 4.69) is 18.3 Å². The summed E-state index contributed by atoms with van der Waals surface area (Å²) in [6.07, 6.45) is 13.1. The molecule has 2 rings (SSSR count). The first-order valence-electron chi connectivity index (χ1n) is 12.5. The number of rotatable bonds is 16. The van der Waals surface area contributed by atoms with E-state index in [0.717, 1.165) is 12.8 Å². The van der Waals surface area contributed by atoms with E-state index in [4.69, 9.17) is 25.8 Å². The predicted molar refractivity (Wildman–Crippen MR) is 132 cm³/mol. The van der Waals surface area contributed by atoms with Gasteiger partial charge in [0.05, 0.1) is 6.10 Å². The predicted octanol–water partition coefficient (Wildman–Crippen LogP) is 4.76. The van der Waals surface area contributed by atoms with Crippen LogP contribution in [0.3, 0.4) is 0 Å². The third kappa shape index (κ3) is 8.21. The molecule has 1 heterocycles. The maximum Gasteiger partial charge on any atom is 0.302 e. The second kappa shape index (κ2) is 14.6. The van der Waals surface area contributed by atoms with Crippen LogP contribution in [-0.2, 0) is 28.6 Å². The molecule has 0 aromatic heterocycles. The summed E-state index contributed by atoms with van der Waals surface area (Å²) in [5, 5.41) is 2.82. The van der Waals surface area contributed by atoms with E-state index in [1.165, 1.54) is 44.6 Å². The Hall–Kier alpha value is -1.70. The highest BCUT2D eigenvalue weighted by Gasteiger charge is 2.69. The SMILES string of the molecule is CCCCCCCC(CC=CCCC(=O)NCC(=CCl)C12OC1C(OC(C)=O)CCC2=O)OC. The van der Waals surface area contributed by atoms with Gasteiger partial charge < -0.3 is 19.5 Å². The zero-order valence-corrected chi connectivity index (χ0v) is 21.5. The van der Waals surface area contributed by atoms with E-state index >= 15 is 0 Å². The number of Topliss-reactive ketones (excluding diaryl/α,β-unsaturated/α-hetero) is 1. The van der Waals surface area contributed by atoms with Gasteiger partial charge in [-0.1, -0.05) is 62.8 Å². The van der Waals surface area contributed by atoms with Crippen molar-refractivity contribution in [2.45, 2.75) is 108 Å². The standard InChI is InChI=1S/C26H40ClNO6/c1-4-5-6-7-9-12-21(32-3)13-10-8-11-14-24(31)28-18-20(17-27)26-23(30)16-15-22(25(26)34-26)33-19(2)29/h8,10,17,21-22,25H,4-7,9,11-16,18H2,1-3H3,(H,28,31). The summed E-state index contributed by atoms with van der Waals surface area (Å²) in [4.78, 5) is 36.2. The maximum atomic E-state index is 12.6. The summed E-state index contributed by atoms with van der Waals surface area (Å²) < 4.78 is 16.6. The number of epoxide rings is 1. The van der Waals surface area contributed by atoms with E-state index in [-0.39, 0.29) is 30.8 Å². The first kappa shape index (κ1) is 28.5. The number of carbonyl (C=O) groups excluding carboxylic acids is 3. The van der Waals surface area contributed by atoms with Gasteiger partial charge in [0.1, 0.15) is 12.2 Å². The summed E-state index contributed by atoms with van der Waals surface area (Å²) in [6.45, 7) is 3.66. The van der Waals surface area contributed by atoms with Gasteiger partial charge in [-0.2, -0.15) is 0 Å². The third-order valence-electron chi connectivity index (χ3n) is 6.53. The van der Waals surface area contributed by atoms with Crippen molar-refractivity contribution in [3.05, 3.63) is 23.3 Å². The number of hydrogen-bond acceptors (Lipinski definition) is 6. The molecule has 1 aliphatic heterocycles. The van der Waals surface area contributed by atoms with E-state index in [1.807, 2.05) is 6.08 Å². The lowest BCUT2D eigenvalue weighted by Gasteiger charge is -2.24. The van der Waals surface area contributed by atoms with E-state index in [1.54, 1.807) is 7.11 Å². The molecule has 4 unspecified atom stereocenters. The van der Waals surface area contributed by atoms with Gasteiger partial charge in [0.2, 0.25) is 5.91 Å². The van der Waals surface area contributed by atoms with E-state index in [0.29, 0.717) is 24.8 Å². The number of ether oxygens (including phenoxy) is 3. The first-order chi connectivity index (χ1) is 16.4. The van der Waals surface area contributed by atoms with Crippen LogP contribution in [0.15, 0.2) is 23.3 Å². The monoisotopic (exact) mass is 497 g/mol. The average Bonchev–Trinajstić information content (AvgIpc) is 3.57. The Bertz CT molecular complexity index is 752. The molecule has 7 nitrogen and oxygen atoms in total. The number of ketones is 1. The molecule has 1 aliphatic carbocycles. The lowest BCUT2D eigenvalue weighted by atomic mass is 9.81. The zero-order valence-electron chi connectivity index (χ0n) is 20.8. The number of fused-ring (bicyclic) bond motifs is 1. The van der Waals surface area contributed by atoms with Crippen molar-refractivity contribution in [3.8, 4) is 0 Å². The number of carbonyl (C=O) groups is 3. The molecule has 0 bridgehead atoms. The molecule has 4 atom stereocenters. The highest BCUT2D eigenvalue weighted by atomic mass is 35.5. The summed E-state index contributed by atoms with van der Waals surface area (Å²) >= 11 is 5.99. The summed E-state index contributed by atoms with van der Waals surface area (Å²) in [5.74, 6) is -0.637. The molecule has 1 N–H and O–H groups in total. The molecule has 1 amide bonds. The Morgan fingerprint density at radius 3 is 2.71 bits per heavy atom. The van der Waals surface area contributed by atoms with Crippen molar-refractivity contribution in [2.75, 3.05) is 13.7 Å². The minimum atomic E-state index is -1.18. The number of halogens is 1. The van der Waals surface area contributed by atoms with Crippen molar-refractivity contribution in [3.63, 3.8) is 0 Å². The fourth-order valence-electron chi connectivity index (χ4n) is 4.53. The van der Waals surface area contributed by atoms with Crippen LogP contribution in [0, 0.1) is 0 Å². The molecule has 34 heavy (non-hydrogen) atoms. The number of esters is 1. The molecule has 192 valence electrons. The lowest BCUT2D eigenvalue weighted by molar-refractivity contribution is -0.149. The molecule has 0 aromatic rings. The van der Waals surface area contributed by atoms with Crippen LogP contribution in [0.1, 0.15) is 84.5 Å². The largest absolute Gasteiger partial charge is 0.460 e. The Labute approximate surface area is 208 Å². The first-order valence-corrected chi connectivity index (χ1v) is 12.9. The highest BCUT2D eigenvalue weighted by molar-refractivity contribution is 6.26. The molecule has 1 saturated carbocycles. The second-order valence-electron chi connectivity index (χ2n) is 9.10. The van der Waals surface area contributed by atoms with Crippen molar-refractivity contribution in [1.29, 1.82) is 0 Å². The van der Waals surface area contributed by atoms with Gasteiger partial charge in [-0.25, -0.2) is 0 Å². The number of unbranched alkanes of at least 4 members (excludes halogenated alkanes) is 4. The minimum absolute atomic E-state index is 0.0944. The van der Waals surface area contributed by atoms with Gasteiger partial charge in [-0.05, 0) is 25.7 Å². The van der Waals surface area contributed by atoms with Gasteiger partial charge in [0.25, 0.3) is 0 Å². The van der Waals surface area contributed by atoms with E-state index in [9.17, 15) is 14.4 Å². The zero-order chi connectivity index (χ0) is 25.0. The molecule has 0 radical (unpaired) electrons. The number of allylic oxidation sites excluding steroid dienone is 1. The summed E-state index contributed by atoms with van der Waals surface area (Å²) in [5.41, 5.74) is 0.604. The van der Waals surface area contributed by atoms with Gasteiger partial charge in [-0.15, -0.1) is 0 Å². The number of hydrogen-bond donors (Lipinski definition) is 1. The molecule has 1 saturated heterocycles. The average molecular weight is 498 g/mol. The van der Waals surface area contributed by atoms with Gasteiger partial charge in [0, 0.05) is 44.5 Å². The molecule has 8 heteroatoms.